The van der Waals surface area contributed by atoms with E-state index in [9.17, 15) is 4.79 Å². The lowest BCUT2D eigenvalue weighted by molar-refractivity contribution is -0.119. The highest BCUT2D eigenvalue weighted by Gasteiger charge is 2.08. The summed E-state index contributed by atoms with van der Waals surface area (Å²) in [5.74, 6) is 0.762. The van der Waals surface area contributed by atoms with Crippen LogP contribution in [0.5, 0.6) is 0 Å². The quantitative estimate of drug-likeness (QED) is 0.316. The van der Waals surface area contributed by atoms with Gasteiger partial charge in [-0.2, -0.15) is 0 Å². The van der Waals surface area contributed by atoms with Crippen molar-refractivity contribution in [2.45, 2.75) is 12.1 Å². The number of rotatable bonds is 5. The zero-order valence-corrected chi connectivity index (χ0v) is 15.9. The van der Waals surface area contributed by atoms with Crippen molar-refractivity contribution in [2.24, 2.45) is 0 Å². The zero-order chi connectivity index (χ0) is 18.2. The minimum atomic E-state index is -0.223. The highest BCUT2D eigenvalue weighted by Crippen LogP contribution is 2.17. The molecule has 0 aliphatic rings. The topological polar surface area (TPSA) is 82.2 Å². The van der Waals surface area contributed by atoms with E-state index in [4.69, 9.17) is 12.2 Å². The van der Waals surface area contributed by atoms with Crippen LogP contribution in [0.1, 0.15) is 5.69 Å². The molecule has 2 aromatic rings. The SMILES string of the molecule is Cc1cc(N(C)C)nc(SCC(=O)NNC(=S)Nc2ccccc2)n1. The molecule has 0 atom stereocenters. The summed E-state index contributed by atoms with van der Waals surface area (Å²) in [6.45, 7) is 1.90. The molecule has 9 heteroatoms. The lowest BCUT2D eigenvalue weighted by Crippen LogP contribution is -2.44. The maximum Gasteiger partial charge on any atom is 0.248 e. The second kappa shape index (κ2) is 9.19. The summed E-state index contributed by atoms with van der Waals surface area (Å²) in [4.78, 5) is 22.5. The van der Waals surface area contributed by atoms with Gasteiger partial charge in [0.2, 0.25) is 5.91 Å². The molecule has 25 heavy (non-hydrogen) atoms. The van der Waals surface area contributed by atoms with Crippen LogP contribution in [0.3, 0.4) is 0 Å². The molecule has 0 saturated carbocycles. The highest BCUT2D eigenvalue weighted by atomic mass is 32.2. The van der Waals surface area contributed by atoms with E-state index >= 15 is 0 Å². The molecule has 0 unspecified atom stereocenters. The first-order chi connectivity index (χ1) is 11.9. The van der Waals surface area contributed by atoms with Crippen LogP contribution in [0, 0.1) is 6.92 Å². The molecule has 0 spiro atoms. The number of carbonyl (C=O) groups excluding carboxylic acids is 1. The van der Waals surface area contributed by atoms with Crippen molar-refractivity contribution < 1.29 is 4.79 Å². The van der Waals surface area contributed by atoms with Crippen LogP contribution in [0.25, 0.3) is 0 Å². The normalized spacial score (nSPS) is 10.0. The van der Waals surface area contributed by atoms with Crippen molar-refractivity contribution in [1.29, 1.82) is 0 Å². The Kier molecular flexibility index (Phi) is 6.96. The summed E-state index contributed by atoms with van der Waals surface area (Å²) in [7, 11) is 3.82. The average molecular weight is 377 g/mol. The summed E-state index contributed by atoms with van der Waals surface area (Å²) in [5.41, 5.74) is 6.91. The van der Waals surface area contributed by atoms with E-state index < -0.39 is 0 Å². The first kappa shape index (κ1) is 18.9. The van der Waals surface area contributed by atoms with Gasteiger partial charge < -0.3 is 10.2 Å². The number of amides is 1. The predicted molar refractivity (Wildman–Crippen MR) is 106 cm³/mol. The molecule has 132 valence electrons. The molecule has 0 saturated heterocycles. The molecule has 1 heterocycles. The number of hydrazine groups is 1. The number of thiocarbonyl (C=S) groups is 1. The fourth-order valence-electron chi connectivity index (χ4n) is 1.80. The fourth-order valence-corrected chi connectivity index (χ4v) is 2.66. The fraction of sp³-hybridized carbons (Fsp3) is 0.250. The lowest BCUT2D eigenvalue weighted by Gasteiger charge is -2.13. The number of benzene rings is 1. The molecule has 2 rings (SSSR count). The van der Waals surface area contributed by atoms with Gasteiger partial charge in [-0.05, 0) is 31.3 Å². The van der Waals surface area contributed by atoms with Gasteiger partial charge in [0.1, 0.15) is 5.82 Å². The first-order valence-electron chi connectivity index (χ1n) is 7.51. The molecule has 1 aromatic carbocycles. The Balaban J connectivity index is 1.78. The van der Waals surface area contributed by atoms with Gasteiger partial charge >= 0.3 is 0 Å². The van der Waals surface area contributed by atoms with Gasteiger partial charge in [0, 0.05) is 31.5 Å². The zero-order valence-electron chi connectivity index (χ0n) is 14.2. The van der Waals surface area contributed by atoms with Crippen LogP contribution in [0.4, 0.5) is 11.5 Å². The summed E-state index contributed by atoms with van der Waals surface area (Å²) >= 11 is 6.39. The second-order valence-corrected chi connectivity index (χ2v) is 6.68. The van der Waals surface area contributed by atoms with Crippen molar-refractivity contribution in [2.75, 3.05) is 30.1 Å². The monoisotopic (exact) mass is 376 g/mol. The van der Waals surface area contributed by atoms with Gasteiger partial charge in [0.05, 0.1) is 5.75 Å². The van der Waals surface area contributed by atoms with Crippen molar-refractivity contribution in [1.82, 2.24) is 20.8 Å². The number of aromatic nitrogens is 2. The number of hydrogen-bond acceptors (Lipinski definition) is 6. The third-order valence-corrected chi connectivity index (χ3v) is 4.01. The van der Waals surface area contributed by atoms with Gasteiger partial charge in [-0.3, -0.25) is 15.6 Å². The number of anilines is 2. The van der Waals surface area contributed by atoms with Crippen LogP contribution in [-0.2, 0) is 4.79 Å². The smallest absolute Gasteiger partial charge is 0.248 e. The number of hydrogen-bond donors (Lipinski definition) is 3. The average Bonchev–Trinajstić information content (AvgIpc) is 2.58. The van der Waals surface area contributed by atoms with E-state index in [0.717, 1.165) is 17.2 Å². The third kappa shape index (κ3) is 6.55. The number of para-hydroxylation sites is 1. The Morgan fingerprint density at radius 1 is 1.20 bits per heavy atom. The van der Waals surface area contributed by atoms with Crippen molar-refractivity contribution in [3.05, 3.63) is 42.1 Å². The molecule has 1 aromatic heterocycles. The molecular weight excluding hydrogens is 356 g/mol. The van der Waals surface area contributed by atoms with Gasteiger partial charge in [-0.25, -0.2) is 9.97 Å². The molecule has 0 fully saturated rings. The number of aryl methyl sites for hydroxylation is 1. The van der Waals surface area contributed by atoms with E-state index in [1.54, 1.807) is 0 Å². The summed E-state index contributed by atoms with van der Waals surface area (Å²) in [5, 5.41) is 3.84. The van der Waals surface area contributed by atoms with Crippen LogP contribution >= 0.6 is 24.0 Å². The Morgan fingerprint density at radius 2 is 1.92 bits per heavy atom. The van der Waals surface area contributed by atoms with E-state index in [1.165, 1.54) is 11.8 Å². The molecule has 0 aliphatic carbocycles. The predicted octanol–water partition coefficient (Wildman–Crippen LogP) is 1.96. The van der Waals surface area contributed by atoms with E-state index in [0.29, 0.717) is 10.3 Å². The number of nitrogens with zero attached hydrogens (tertiary/aromatic N) is 3. The molecule has 0 bridgehead atoms. The Labute approximate surface area is 156 Å². The van der Waals surface area contributed by atoms with E-state index in [1.807, 2.05) is 62.3 Å². The minimum absolute atomic E-state index is 0.178. The Morgan fingerprint density at radius 3 is 2.60 bits per heavy atom. The largest absolute Gasteiger partial charge is 0.363 e. The van der Waals surface area contributed by atoms with Crippen molar-refractivity contribution >= 4 is 46.5 Å². The Bertz CT molecular complexity index is 739. The maximum atomic E-state index is 11.9. The van der Waals surface area contributed by atoms with Crippen LogP contribution in [0.15, 0.2) is 41.6 Å². The molecule has 7 nitrogen and oxygen atoms in total. The van der Waals surface area contributed by atoms with Crippen LogP contribution in [-0.4, -0.2) is 40.8 Å². The van der Waals surface area contributed by atoms with Gasteiger partial charge in [0.15, 0.2) is 10.3 Å². The molecule has 1 amide bonds. The van der Waals surface area contributed by atoms with Gasteiger partial charge in [0.25, 0.3) is 0 Å². The molecule has 3 N–H and O–H groups in total. The first-order valence-corrected chi connectivity index (χ1v) is 8.90. The summed E-state index contributed by atoms with van der Waals surface area (Å²) in [6, 6.07) is 11.3. The standard InChI is InChI=1S/C16H20N6OS2/c1-11-9-13(22(2)3)19-16(17-11)25-10-14(23)20-21-15(24)18-12-7-5-4-6-8-12/h4-9H,10H2,1-3H3,(H,20,23)(H2,18,21,24). The number of carbonyl (C=O) groups is 1. The van der Waals surface area contributed by atoms with Gasteiger partial charge in [-0.1, -0.05) is 30.0 Å². The van der Waals surface area contributed by atoms with E-state index in [2.05, 4.69) is 26.1 Å². The molecular formula is C16H20N6OS2. The van der Waals surface area contributed by atoms with Gasteiger partial charge in [-0.15, -0.1) is 0 Å². The summed E-state index contributed by atoms with van der Waals surface area (Å²) in [6.07, 6.45) is 0. The highest BCUT2D eigenvalue weighted by molar-refractivity contribution is 7.99. The number of nitrogens with one attached hydrogen (secondary N) is 3. The van der Waals surface area contributed by atoms with Crippen molar-refractivity contribution in [3.8, 4) is 0 Å². The second-order valence-electron chi connectivity index (χ2n) is 5.33. The third-order valence-electron chi connectivity index (χ3n) is 2.96. The van der Waals surface area contributed by atoms with Crippen LogP contribution in [0.2, 0.25) is 0 Å². The Hall–Kier alpha value is -2.39. The maximum absolute atomic E-state index is 11.9. The molecule has 0 aliphatic heterocycles. The van der Waals surface area contributed by atoms with Crippen LogP contribution < -0.4 is 21.1 Å². The van der Waals surface area contributed by atoms with E-state index in [-0.39, 0.29) is 11.7 Å². The summed E-state index contributed by atoms with van der Waals surface area (Å²) < 4.78 is 0. The minimum Gasteiger partial charge on any atom is -0.363 e. The lowest BCUT2D eigenvalue weighted by atomic mass is 10.3. The number of thioether (sulfide) groups is 1. The van der Waals surface area contributed by atoms with Crippen molar-refractivity contribution in [3.63, 3.8) is 0 Å². The molecule has 0 radical (unpaired) electrons.